The molecule has 33 heavy (non-hydrogen) atoms. The SMILES string of the molecule is O=C(NCC1CCC1)Oc1ccc(N2CCN(C(=O)c3ccccc3C(F)(F)F)CC2)nn1. The number of hydrogen-bond acceptors (Lipinski definition) is 6. The predicted octanol–water partition coefficient (Wildman–Crippen LogP) is 3.35. The number of piperazine rings is 1. The van der Waals surface area contributed by atoms with Crippen LogP contribution in [-0.2, 0) is 6.18 Å². The molecule has 2 heterocycles. The summed E-state index contributed by atoms with van der Waals surface area (Å²) in [5, 5.41) is 10.7. The van der Waals surface area contributed by atoms with Crippen LogP contribution in [-0.4, -0.2) is 59.8 Å². The zero-order valence-corrected chi connectivity index (χ0v) is 17.8. The van der Waals surface area contributed by atoms with E-state index < -0.39 is 23.7 Å². The van der Waals surface area contributed by atoms with E-state index in [1.165, 1.54) is 35.6 Å². The Balaban J connectivity index is 1.30. The van der Waals surface area contributed by atoms with E-state index >= 15 is 0 Å². The van der Waals surface area contributed by atoms with E-state index in [4.69, 9.17) is 4.74 Å². The first-order valence-corrected chi connectivity index (χ1v) is 10.8. The molecule has 4 rings (SSSR count). The van der Waals surface area contributed by atoms with Crippen LogP contribution in [0.2, 0.25) is 0 Å². The zero-order valence-electron chi connectivity index (χ0n) is 17.8. The van der Waals surface area contributed by atoms with Crippen molar-refractivity contribution in [1.29, 1.82) is 0 Å². The van der Waals surface area contributed by atoms with Gasteiger partial charge in [-0.25, -0.2) is 4.79 Å². The maximum Gasteiger partial charge on any atom is 0.417 e. The van der Waals surface area contributed by atoms with Gasteiger partial charge in [-0.15, -0.1) is 10.2 Å². The Kier molecular flexibility index (Phi) is 6.66. The van der Waals surface area contributed by atoms with Crippen molar-refractivity contribution in [2.24, 2.45) is 5.92 Å². The number of aromatic nitrogens is 2. The highest BCUT2D eigenvalue weighted by molar-refractivity contribution is 5.96. The second kappa shape index (κ2) is 9.63. The lowest BCUT2D eigenvalue weighted by molar-refractivity contribution is -0.138. The first-order valence-electron chi connectivity index (χ1n) is 10.8. The highest BCUT2D eigenvalue weighted by Crippen LogP contribution is 2.32. The van der Waals surface area contributed by atoms with Crippen LogP contribution < -0.4 is 15.0 Å². The van der Waals surface area contributed by atoms with Crippen molar-refractivity contribution in [2.45, 2.75) is 25.4 Å². The molecule has 0 unspecified atom stereocenters. The van der Waals surface area contributed by atoms with Gasteiger partial charge in [0.2, 0.25) is 5.88 Å². The molecule has 2 amide bonds. The Labute approximate surface area is 188 Å². The summed E-state index contributed by atoms with van der Waals surface area (Å²) in [6.45, 7) is 1.84. The molecule has 0 atom stereocenters. The summed E-state index contributed by atoms with van der Waals surface area (Å²) in [6.07, 6.45) is -1.75. The topological polar surface area (TPSA) is 87.7 Å². The molecule has 1 aromatic carbocycles. The first kappa shape index (κ1) is 22.8. The molecule has 1 aliphatic carbocycles. The molecule has 0 radical (unpaired) electrons. The molecule has 2 aliphatic rings. The summed E-state index contributed by atoms with van der Waals surface area (Å²) in [6, 6.07) is 7.98. The fourth-order valence-corrected chi connectivity index (χ4v) is 3.82. The molecule has 11 heteroatoms. The maximum absolute atomic E-state index is 13.2. The van der Waals surface area contributed by atoms with Gasteiger partial charge in [-0.2, -0.15) is 13.2 Å². The Morgan fingerprint density at radius 3 is 2.36 bits per heavy atom. The van der Waals surface area contributed by atoms with E-state index in [0.717, 1.165) is 18.9 Å². The Morgan fingerprint density at radius 1 is 1.03 bits per heavy atom. The van der Waals surface area contributed by atoms with Crippen molar-refractivity contribution in [3.8, 4) is 5.88 Å². The molecule has 8 nitrogen and oxygen atoms in total. The first-order chi connectivity index (χ1) is 15.8. The van der Waals surface area contributed by atoms with Crippen LogP contribution in [0.25, 0.3) is 0 Å². The van der Waals surface area contributed by atoms with Crippen molar-refractivity contribution < 1.29 is 27.5 Å². The summed E-state index contributed by atoms with van der Waals surface area (Å²) in [5.41, 5.74) is -1.29. The minimum absolute atomic E-state index is 0.0717. The van der Waals surface area contributed by atoms with Gasteiger partial charge in [-0.1, -0.05) is 18.6 Å². The molecule has 0 bridgehead atoms. The average molecular weight is 463 g/mol. The second-order valence-electron chi connectivity index (χ2n) is 8.12. The summed E-state index contributed by atoms with van der Waals surface area (Å²) in [5.74, 6) is 0.464. The molecular formula is C22H24F3N5O3. The van der Waals surface area contributed by atoms with E-state index in [1.807, 2.05) is 4.90 Å². The van der Waals surface area contributed by atoms with Gasteiger partial charge in [-0.05, 0) is 37.0 Å². The number of alkyl halides is 3. The number of amides is 2. The van der Waals surface area contributed by atoms with E-state index in [1.54, 1.807) is 6.07 Å². The third kappa shape index (κ3) is 5.52. The number of carbonyl (C=O) groups excluding carboxylic acids is 2. The summed E-state index contributed by atoms with van der Waals surface area (Å²) < 4.78 is 44.8. The molecule has 176 valence electrons. The van der Waals surface area contributed by atoms with Crippen LogP contribution >= 0.6 is 0 Å². The number of hydrogen-bond donors (Lipinski definition) is 1. The lowest BCUT2D eigenvalue weighted by Crippen LogP contribution is -2.49. The number of ether oxygens (including phenoxy) is 1. The van der Waals surface area contributed by atoms with Crippen LogP contribution in [0.15, 0.2) is 36.4 Å². The molecule has 2 fully saturated rings. The monoisotopic (exact) mass is 463 g/mol. The summed E-state index contributed by atoms with van der Waals surface area (Å²) >= 11 is 0. The smallest absolute Gasteiger partial charge is 0.390 e. The molecule has 1 saturated heterocycles. The Bertz CT molecular complexity index is 988. The zero-order chi connectivity index (χ0) is 23.4. The fraction of sp³-hybridized carbons (Fsp3) is 0.455. The van der Waals surface area contributed by atoms with Gasteiger partial charge in [0.25, 0.3) is 5.91 Å². The number of anilines is 1. The standard InChI is InChI=1S/C22H24F3N5O3/c23-22(24,25)17-7-2-1-6-16(17)20(31)30-12-10-29(11-13-30)18-8-9-19(28-27-18)33-21(32)26-14-15-4-3-5-15/h1-2,6-9,15H,3-5,10-14H2,(H,26,32). The molecule has 1 saturated carbocycles. The van der Waals surface area contributed by atoms with Gasteiger partial charge in [0.05, 0.1) is 11.1 Å². The van der Waals surface area contributed by atoms with Gasteiger partial charge >= 0.3 is 12.3 Å². The summed E-state index contributed by atoms with van der Waals surface area (Å²) in [7, 11) is 0. The third-order valence-electron chi connectivity index (χ3n) is 5.94. The van der Waals surface area contributed by atoms with Crippen LogP contribution in [0.3, 0.4) is 0 Å². The van der Waals surface area contributed by atoms with E-state index in [0.29, 0.717) is 31.4 Å². The number of halogens is 3. The minimum atomic E-state index is -4.60. The van der Waals surface area contributed by atoms with Crippen LogP contribution in [0.4, 0.5) is 23.8 Å². The Morgan fingerprint density at radius 2 is 1.76 bits per heavy atom. The van der Waals surface area contributed by atoms with Crippen molar-refractivity contribution in [3.05, 3.63) is 47.5 Å². The van der Waals surface area contributed by atoms with Gasteiger partial charge in [0.1, 0.15) is 0 Å². The number of benzene rings is 1. The number of rotatable bonds is 5. The number of nitrogens with one attached hydrogen (secondary N) is 1. The van der Waals surface area contributed by atoms with Crippen molar-refractivity contribution in [3.63, 3.8) is 0 Å². The lowest BCUT2D eigenvalue weighted by atomic mass is 9.85. The second-order valence-corrected chi connectivity index (χ2v) is 8.12. The van der Waals surface area contributed by atoms with E-state index in [9.17, 15) is 22.8 Å². The number of carbonyl (C=O) groups is 2. The van der Waals surface area contributed by atoms with Gasteiger partial charge in [-0.3, -0.25) is 4.79 Å². The highest BCUT2D eigenvalue weighted by atomic mass is 19.4. The van der Waals surface area contributed by atoms with Crippen LogP contribution in [0, 0.1) is 5.92 Å². The third-order valence-corrected chi connectivity index (χ3v) is 5.94. The largest absolute Gasteiger partial charge is 0.417 e. The normalized spacial score (nSPS) is 16.8. The predicted molar refractivity (Wildman–Crippen MR) is 113 cm³/mol. The van der Waals surface area contributed by atoms with E-state index in [2.05, 4.69) is 15.5 Å². The molecule has 2 aromatic rings. The molecule has 1 aromatic heterocycles. The van der Waals surface area contributed by atoms with Crippen molar-refractivity contribution in [2.75, 3.05) is 37.6 Å². The average Bonchev–Trinajstić information content (AvgIpc) is 2.78. The quantitative estimate of drug-likeness (QED) is 0.732. The lowest BCUT2D eigenvalue weighted by Gasteiger charge is -2.35. The maximum atomic E-state index is 13.2. The van der Waals surface area contributed by atoms with Gasteiger partial charge in [0, 0.05) is 38.8 Å². The van der Waals surface area contributed by atoms with E-state index in [-0.39, 0.29) is 24.5 Å². The molecule has 1 aliphatic heterocycles. The minimum Gasteiger partial charge on any atom is -0.390 e. The van der Waals surface area contributed by atoms with Crippen molar-refractivity contribution in [1.82, 2.24) is 20.4 Å². The molecule has 1 N–H and O–H groups in total. The van der Waals surface area contributed by atoms with Crippen molar-refractivity contribution >= 4 is 17.8 Å². The van der Waals surface area contributed by atoms with Crippen LogP contribution in [0.1, 0.15) is 35.2 Å². The number of nitrogens with zero attached hydrogens (tertiary/aromatic N) is 4. The van der Waals surface area contributed by atoms with Crippen LogP contribution in [0.5, 0.6) is 5.88 Å². The summed E-state index contributed by atoms with van der Waals surface area (Å²) in [4.78, 5) is 27.8. The molecular weight excluding hydrogens is 439 g/mol. The van der Waals surface area contributed by atoms with Gasteiger partial charge in [0.15, 0.2) is 5.82 Å². The Hall–Kier alpha value is -3.37. The fourth-order valence-electron chi connectivity index (χ4n) is 3.82. The van der Waals surface area contributed by atoms with Gasteiger partial charge < -0.3 is 19.9 Å². The highest BCUT2D eigenvalue weighted by Gasteiger charge is 2.36. The molecule has 0 spiro atoms.